The van der Waals surface area contributed by atoms with Gasteiger partial charge in [-0.05, 0) is 33.6 Å². The summed E-state index contributed by atoms with van der Waals surface area (Å²) in [5, 5.41) is 0. The van der Waals surface area contributed by atoms with Gasteiger partial charge in [-0.15, -0.1) is 11.6 Å². The van der Waals surface area contributed by atoms with E-state index < -0.39 is 0 Å². The number of allylic oxidation sites excluding steroid dienone is 3. The predicted octanol–water partition coefficient (Wildman–Crippen LogP) is 3.69. The number of hydrogen-bond acceptors (Lipinski definition) is 1. The Morgan fingerprint density at radius 2 is 2.21 bits per heavy atom. The van der Waals surface area contributed by atoms with Crippen molar-refractivity contribution in [2.45, 2.75) is 45.3 Å². The van der Waals surface area contributed by atoms with Gasteiger partial charge in [-0.2, -0.15) is 0 Å². The van der Waals surface area contributed by atoms with Crippen LogP contribution in [-0.2, 0) is 4.74 Å². The summed E-state index contributed by atoms with van der Waals surface area (Å²) in [6, 6.07) is 0. The first-order chi connectivity index (χ1) is 6.58. The highest BCUT2D eigenvalue weighted by Gasteiger charge is 2.49. The molecule has 1 fully saturated rings. The Kier molecular flexibility index (Phi) is 4.21. The summed E-state index contributed by atoms with van der Waals surface area (Å²) in [6.07, 6.45) is 8.76. The average molecular weight is 215 g/mol. The maximum Gasteiger partial charge on any atom is 0.105 e. The van der Waals surface area contributed by atoms with Gasteiger partial charge in [0.05, 0.1) is 5.60 Å². The van der Waals surface area contributed by atoms with Crippen LogP contribution in [0, 0.1) is 0 Å². The second-order valence-corrected chi connectivity index (χ2v) is 4.56. The minimum Gasteiger partial charge on any atom is -0.362 e. The van der Waals surface area contributed by atoms with Crippen molar-refractivity contribution in [1.29, 1.82) is 0 Å². The van der Waals surface area contributed by atoms with Crippen molar-refractivity contribution in [3.63, 3.8) is 0 Å². The lowest BCUT2D eigenvalue weighted by molar-refractivity contribution is 0.304. The number of halogens is 1. The molecule has 0 radical (unpaired) electrons. The van der Waals surface area contributed by atoms with Crippen molar-refractivity contribution < 1.29 is 4.74 Å². The van der Waals surface area contributed by atoms with E-state index in [1.54, 1.807) is 0 Å². The van der Waals surface area contributed by atoms with Crippen LogP contribution in [0.5, 0.6) is 0 Å². The van der Waals surface area contributed by atoms with E-state index in [1.807, 2.05) is 6.08 Å². The molecule has 0 N–H and O–H groups in total. The van der Waals surface area contributed by atoms with Crippen LogP contribution < -0.4 is 0 Å². The normalized spacial score (nSPS) is 30.7. The van der Waals surface area contributed by atoms with E-state index in [-0.39, 0.29) is 11.7 Å². The molecule has 1 aliphatic heterocycles. The van der Waals surface area contributed by atoms with Gasteiger partial charge in [0.15, 0.2) is 0 Å². The molecular formula is C12H19ClO. The maximum absolute atomic E-state index is 5.61. The van der Waals surface area contributed by atoms with Crippen LogP contribution in [0.2, 0.25) is 0 Å². The van der Waals surface area contributed by atoms with E-state index in [1.165, 1.54) is 5.57 Å². The number of alkyl halides is 1. The molecule has 1 aliphatic rings. The minimum atomic E-state index is 0.0640. The molecule has 0 aromatic heterocycles. The lowest BCUT2D eigenvalue weighted by Crippen LogP contribution is -2.07. The molecule has 0 bridgehead atoms. The largest absolute Gasteiger partial charge is 0.362 e. The molecular weight excluding hydrogens is 196 g/mol. The summed E-state index contributed by atoms with van der Waals surface area (Å²) < 4.78 is 5.61. The van der Waals surface area contributed by atoms with Gasteiger partial charge in [-0.25, -0.2) is 0 Å². The summed E-state index contributed by atoms with van der Waals surface area (Å²) in [6.45, 7) is 6.41. The molecule has 0 amide bonds. The highest BCUT2D eigenvalue weighted by atomic mass is 35.5. The lowest BCUT2D eigenvalue weighted by Gasteiger charge is -2.02. The first-order valence-electron chi connectivity index (χ1n) is 5.12. The zero-order valence-corrected chi connectivity index (χ0v) is 9.97. The SMILES string of the molecule is CC(C)=CCC[C@@]1(C)O[C@@H]1/C=C/CCl. The smallest absolute Gasteiger partial charge is 0.105 e. The van der Waals surface area contributed by atoms with E-state index in [4.69, 9.17) is 16.3 Å². The van der Waals surface area contributed by atoms with Crippen LogP contribution in [0.1, 0.15) is 33.6 Å². The third-order valence-corrected chi connectivity index (χ3v) is 2.71. The molecule has 1 saturated heterocycles. The van der Waals surface area contributed by atoms with Gasteiger partial charge in [-0.1, -0.05) is 23.8 Å². The second-order valence-electron chi connectivity index (χ2n) is 4.25. The highest BCUT2D eigenvalue weighted by Crippen LogP contribution is 2.41. The summed E-state index contributed by atoms with van der Waals surface area (Å²) in [5.74, 6) is 0.573. The molecule has 0 aromatic carbocycles. The fraction of sp³-hybridized carbons (Fsp3) is 0.667. The fourth-order valence-corrected chi connectivity index (χ4v) is 1.63. The Hall–Kier alpha value is -0.270. The fourth-order valence-electron chi connectivity index (χ4n) is 1.52. The third kappa shape index (κ3) is 3.47. The zero-order valence-electron chi connectivity index (χ0n) is 9.22. The molecule has 0 saturated carbocycles. The van der Waals surface area contributed by atoms with Crippen molar-refractivity contribution in [2.24, 2.45) is 0 Å². The molecule has 80 valence electrons. The number of epoxide rings is 1. The van der Waals surface area contributed by atoms with Crippen LogP contribution in [0.25, 0.3) is 0 Å². The summed E-state index contributed by atoms with van der Waals surface area (Å²) in [7, 11) is 0. The number of ether oxygens (including phenoxy) is 1. The average Bonchev–Trinajstić information content (AvgIpc) is 2.73. The topological polar surface area (TPSA) is 12.5 Å². The Labute approximate surface area is 91.8 Å². The molecule has 2 atom stereocenters. The van der Waals surface area contributed by atoms with E-state index >= 15 is 0 Å². The van der Waals surface area contributed by atoms with Gasteiger partial charge < -0.3 is 4.74 Å². The van der Waals surface area contributed by atoms with Crippen LogP contribution in [0.3, 0.4) is 0 Å². The molecule has 1 nitrogen and oxygen atoms in total. The van der Waals surface area contributed by atoms with Gasteiger partial charge in [0.2, 0.25) is 0 Å². The summed E-state index contributed by atoms with van der Waals surface area (Å²) in [5.41, 5.74) is 1.44. The second kappa shape index (κ2) is 4.99. The molecule has 0 spiro atoms. The van der Waals surface area contributed by atoms with Crippen LogP contribution in [-0.4, -0.2) is 17.6 Å². The Morgan fingerprint density at radius 1 is 1.50 bits per heavy atom. The Balaban J connectivity index is 2.26. The van der Waals surface area contributed by atoms with Gasteiger partial charge >= 0.3 is 0 Å². The first kappa shape index (κ1) is 11.8. The van der Waals surface area contributed by atoms with Crippen molar-refractivity contribution in [1.82, 2.24) is 0 Å². The maximum atomic E-state index is 5.61. The van der Waals surface area contributed by atoms with E-state index in [0.717, 1.165) is 12.8 Å². The minimum absolute atomic E-state index is 0.0640. The number of rotatable bonds is 5. The lowest BCUT2D eigenvalue weighted by atomic mass is 10.0. The Bertz CT molecular complexity index is 241. The van der Waals surface area contributed by atoms with E-state index in [0.29, 0.717) is 5.88 Å². The standard InChI is InChI=1S/C12H19ClO/c1-10(2)6-4-8-12(3)11(14-12)7-5-9-13/h5-7,11H,4,8-9H2,1-3H3/b7-5+/t11-,12-/m1/s1. The quantitative estimate of drug-likeness (QED) is 0.386. The predicted molar refractivity (Wildman–Crippen MR) is 61.8 cm³/mol. The molecule has 0 unspecified atom stereocenters. The molecule has 1 heterocycles. The summed E-state index contributed by atoms with van der Waals surface area (Å²) in [4.78, 5) is 0. The monoisotopic (exact) mass is 214 g/mol. The molecule has 1 rings (SSSR count). The third-order valence-electron chi connectivity index (χ3n) is 2.53. The van der Waals surface area contributed by atoms with Crippen molar-refractivity contribution in [3.8, 4) is 0 Å². The summed E-state index contributed by atoms with van der Waals surface area (Å²) >= 11 is 5.56. The van der Waals surface area contributed by atoms with Gasteiger partial charge in [0.1, 0.15) is 6.10 Å². The van der Waals surface area contributed by atoms with E-state index in [2.05, 4.69) is 32.9 Å². The number of hydrogen-bond donors (Lipinski definition) is 0. The van der Waals surface area contributed by atoms with Crippen LogP contribution >= 0.6 is 11.6 Å². The van der Waals surface area contributed by atoms with Crippen molar-refractivity contribution in [2.75, 3.05) is 5.88 Å². The first-order valence-corrected chi connectivity index (χ1v) is 5.66. The van der Waals surface area contributed by atoms with Crippen molar-refractivity contribution >= 4 is 11.6 Å². The molecule has 14 heavy (non-hydrogen) atoms. The zero-order chi connectivity index (χ0) is 10.6. The molecule has 2 heteroatoms. The van der Waals surface area contributed by atoms with E-state index in [9.17, 15) is 0 Å². The van der Waals surface area contributed by atoms with Gasteiger partial charge in [-0.3, -0.25) is 0 Å². The molecule has 0 aliphatic carbocycles. The van der Waals surface area contributed by atoms with Crippen molar-refractivity contribution in [3.05, 3.63) is 23.8 Å². The van der Waals surface area contributed by atoms with Gasteiger partial charge in [0.25, 0.3) is 0 Å². The van der Waals surface area contributed by atoms with Crippen LogP contribution in [0.15, 0.2) is 23.8 Å². The van der Waals surface area contributed by atoms with Gasteiger partial charge in [0, 0.05) is 5.88 Å². The van der Waals surface area contributed by atoms with Crippen LogP contribution in [0.4, 0.5) is 0 Å². The Morgan fingerprint density at radius 3 is 2.79 bits per heavy atom. The molecule has 0 aromatic rings. The highest BCUT2D eigenvalue weighted by molar-refractivity contribution is 6.18.